The fourth-order valence-electron chi connectivity index (χ4n) is 4.24. The normalized spacial score (nSPS) is 19.6. The first-order chi connectivity index (χ1) is 19.8. The van der Waals surface area contributed by atoms with Crippen LogP contribution in [0, 0.1) is 17.6 Å². The Hall–Kier alpha value is -3.76. The summed E-state index contributed by atoms with van der Waals surface area (Å²) in [7, 11) is 1.00. The number of aliphatic hydroxyl groups is 1. The number of rotatable bonds is 7. The van der Waals surface area contributed by atoms with Gasteiger partial charge in [-0.05, 0) is 79.8 Å². The van der Waals surface area contributed by atoms with Crippen molar-refractivity contribution in [1.82, 2.24) is 4.90 Å². The molecule has 0 fully saturated rings. The van der Waals surface area contributed by atoms with Crippen molar-refractivity contribution >= 4 is 22.9 Å². The first-order valence-corrected chi connectivity index (χ1v) is 13.8. The molecule has 1 aromatic carbocycles. The van der Waals surface area contributed by atoms with Crippen LogP contribution in [-0.2, 0) is 9.63 Å². The van der Waals surface area contributed by atoms with Crippen LogP contribution in [0.1, 0.15) is 52.0 Å². The molecule has 1 unspecified atom stereocenters. The molecule has 1 heterocycles. The van der Waals surface area contributed by atoms with Gasteiger partial charge in [0.15, 0.2) is 11.6 Å². The topological polar surface area (TPSA) is 134 Å². The van der Waals surface area contributed by atoms with Gasteiger partial charge >= 0.3 is 5.97 Å². The van der Waals surface area contributed by atoms with Crippen molar-refractivity contribution in [3.05, 3.63) is 83.1 Å². The highest BCUT2D eigenvalue weighted by atomic mass is 19.2. The summed E-state index contributed by atoms with van der Waals surface area (Å²) in [5, 5.41) is 20.6. The molecule has 0 amide bonds. The van der Waals surface area contributed by atoms with E-state index in [0.29, 0.717) is 50.4 Å². The predicted molar refractivity (Wildman–Crippen MR) is 162 cm³/mol. The summed E-state index contributed by atoms with van der Waals surface area (Å²) < 4.78 is 28.7. The van der Waals surface area contributed by atoms with Crippen molar-refractivity contribution in [2.45, 2.75) is 46.5 Å². The summed E-state index contributed by atoms with van der Waals surface area (Å²) in [4.78, 5) is 19.1. The average Bonchev–Trinajstić information content (AvgIpc) is 3.25. The smallest absolute Gasteiger partial charge is 0.335 e. The molecule has 3 rings (SSSR count). The maximum absolute atomic E-state index is 14.6. The Morgan fingerprint density at radius 3 is 2.59 bits per heavy atom. The van der Waals surface area contributed by atoms with E-state index in [1.165, 1.54) is 18.3 Å². The Bertz CT molecular complexity index is 1170. The quantitative estimate of drug-likeness (QED) is 0.252. The van der Waals surface area contributed by atoms with Crippen LogP contribution in [0.25, 0.3) is 5.57 Å². The second kappa shape index (κ2) is 19.3. The highest BCUT2D eigenvalue weighted by Gasteiger charge is 2.19. The van der Waals surface area contributed by atoms with Gasteiger partial charge in [-0.15, -0.1) is 0 Å². The van der Waals surface area contributed by atoms with Crippen LogP contribution in [0.3, 0.4) is 0 Å². The van der Waals surface area contributed by atoms with Crippen molar-refractivity contribution in [3.63, 3.8) is 0 Å². The van der Waals surface area contributed by atoms with E-state index in [-0.39, 0.29) is 16.8 Å². The number of benzene rings is 1. The van der Waals surface area contributed by atoms with Crippen molar-refractivity contribution in [3.8, 4) is 0 Å². The minimum atomic E-state index is -1.05. The van der Waals surface area contributed by atoms with E-state index in [1.807, 2.05) is 19.9 Å². The first-order valence-electron chi connectivity index (χ1n) is 13.8. The zero-order chi connectivity index (χ0) is 30.8. The largest absolute Gasteiger partial charge is 0.478 e. The molecule has 1 aliphatic heterocycles. The Kier molecular flexibility index (Phi) is 16.6. The number of allylic oxidation sites excluding steroid dienone is 6. The molecule has 1 aliphatic carbocycles. The van der Waals surface area contributed by atoms with Crippen LogP contribution in [0.5, 0.6) is 0 Å². The molecule has 0 bridgehead atoms. The Labute approximate surface area is 242 Å². The lowest BCUT2D eigenvalue weighted by atomic mass is 9.95. The summed E-state index contributed by atoms with van der Waals surface area (Å²) in [5.41, 5.74) is 13.5. The molecular weight excluding hydrogens is 530 g/mol. The van der Waals surface area contributed by atoms with Gasteiger partial charge in [-0.2, -0.15) is 0 Å². The van der Waals surface area contributed by atoms with Crippen LogP contribution >= 0.6 is 0 Å². The first kappa shape index (κ1) is 35.3. The molecule has 10 heteroatoms. The second-order valence-electron chi connectivity index (χ2n) is 9.16. The van der Waals surface area contributed by atoms with E-state index in [9.17, 15) is 18.7 Å². The minimum Gasteiger partial charge on any atom is -0.478 e. The lowest BCUT2D eigenvalue weighted by Crippen LogP contribution is -2.31. The van der Waals surface area contributed by atoms with Gasteiger partial charge in [0.1, 0.15) is 6.61 Å². The van der Waals surface area contributed by atoms with Gasteiger partial charge in [0.2, 0.25) is 0 Å². The summed E-state index contributed by atoms with van der Waals surface area (Å²) in [6, 6.07) is 2.85. The number of aliphatic hydroxyl groups excluding tert-OH is 1. The molecule has 1 aromatic rings. The molecular formula is C31H44F2N4O4. The Morgan fingerprint density at radius 1 is 1.17 bits per heavy atom. The zero-order valence-corrected chi connectivity index (χ0v) is 24.4. The van der Waals surface area contributed by atoms with E-state index in [0.717, 1.165) is 31.4 Å². The van der Waals surface area contributed by atoms with Crippen molar-refractivity contribution in [1.29, 1.82) is 0 Å². The van der Waals surface area contributed by atoms with Gasteiger partial charge in [-0.3, -0.25) is 4.90 Å². The lowest BCUT2D eigenvalue weighted by molar-refractivity contribution is -0.132. The molecule has 8 nitrogen and oxygen atoms in total. The van der Waals surface area contributed by atoms with Crippen LogP contribution in [-0.4, -0.2) is 60.1 Å². The zero-order valence-electron chi connectivity index (χ0n) is 24.4. The van der Waals surface area contributed by atoms with E-state index in [4.69, 9.17) is 21.4 Å². The van der Waals surface area contributed by atoms with Gasteiger partial charge in [0.25, 0.3) is 0 Å². The maximum Gasteiger partial charge on any atom is 0.335 e. The number of oxime groups is 1. The number of carbonyl (C=O) groups is 1. The third-order valence-electron chi connectivity index (χ3n) is 6.42. The third kappa shape index (κ3) is 11.3. The molecule has 1 atom stereocenters. The number of halogens is 2. The van der Waals surface area contributed by atoms with Crippen molar-refractivity contribution in [2.24, 2.45) is 16.8 Å². The van der Waals surface area contributed by atoms with Gasteiger partial charge < -0.3 is 26.5 Å². The molecule has 0 spiro atoms. The molecule has 0 saturated carbocycles. The van der Waals surface area contributed by atoms with Gasteiger partial charge in [0.05, 0.1) is 17.0 Å². The number of nitrogens with zero attached hydrogens (tertiary/aromatic N) is 2. The number of aliphatic carboxylic acids is 1. The second-order valence-corrected chi connectivity index (χ2v) is 9.16. The average molecular weight is 575 g/mol. The standard InChI is InChI=1S/C28H34F2N4O3.C2H6.CH4O/c1-19-11-14-34(15-12-20(6-3-13-31)23-9-10-24(32)27(30)26(23)29)16-17-37-33-25(18-19)21-4-2-5-22(8-7-21)28(35)36;2*1-2/h3-10,13,19H,2,11-12,14-18,31-32H2,1H3,(H,35,36);1-2H3;2H,1H3/b13-3-,20-6+,33-25+;;. The van der Waals surface area contributed by atoms with E-state index in [2.05, 4.69) is 17.0 Å². The number of carboxylic acids is 1. The van der Waals surface area contributed by atoms with Crippen LogP contribution in [0.2, 0.25) is 0 Å². The summed E-state index contributed by atoms with van der Waals surface area (Å²) >= 11 is 0. The van der Waals surface area contributed by atoms with Crippen LogP contribution in [0.4, 0.5) is 14.5 Å². The lowest BCUT2D eigenvalue weighted by Gasteiger charge is -2.26. The minimum absolute atomic E-state index is 0.162. The highest BCUT2D eigenvalue weighted by Crippen LogP contribution is 2.27. The van der Waals surface area contributed by atoms with Gasteiger partial charge in [0, 0.05) is 25.8 Å². The Morgan fingerprint density at radius 2 is 1.90 bits per heavy atom. The molecule has 226 valence electrons. The highest BCUT2D eigenvalue weighted by molar-refractivity contribution is 6.03. The van der Waals surface area contributed by atoms with Gasteiger partial charge in [-0.1, -0.05) is 50.2 Å². The van der Waals surface area contributed by atoms with Gasteiger partial charge in [-0.25, -0.2) is 13.6 Å². The fourth-order valence-corrected chi connectivity index (χ4v) is 4.24. The molecule has 0 saturated heterocycles. The van der Waals surface area contributed by atoms with E-state index < -0.39 is 17.6 Å². The monoisotopic (exact) mass is 574 g/mol. The molecule has 0 radical (unpaired) electrons. The van der Waals surface area contributed by atoms with Crippen molar-refractivity contribution < 1.29 is 28.6 Å². The molecule has 0 aromatic heterocycles. The molecule has 2 aliphatic rings. The number of hydrogen-bond donors (Lipinski definition) is 4. The fraction of sp³-hybridized carbons (Fsp3) is 0.419. The molecule has 41 heavy (non-hydrogen) atoms. The number of nitrogen functional groups attached to an aromatic ring is 1. The summed E-state index contributed by atoms with van der Waals surface area (Å²) in [6.45, 7) is 8.53. The van der Waals surface area contributed by atoms with Crippen LogP contribution < -0.4 is 11.5 Å². The number of hydrogen-bond acceptors (Lipinski definition) is 7. The maximum atomic E-state index is 14.6. The number of carboxylic acid groups (broad SMARTS) is 1. The third-order valence-corrected chi connectivity index (χ3v) is 6.42. The van der Waals surface area contributed by atoms with Crippen molar-refractivity contribution in [2.75, 3.05) is 39.1 Å². The summed E-state index contributed by atoms with van der Waals surface area (Å²) in [6.07, 6.45) is 14.2. The summed E-state index contributed by atoms with van der Waals surface area (Å²) in [5.74, 6) is -2.68. The van der Waals surface area contributed by atoms with E-state index in [1.54, 1.807) is 30.4 Å². The number of anilines is 1. The SMILES string of the molecule is CC.CC1CCN(CC/C(=C\C=C/N)c2ccc(N)c(F)c2F)CCO/N=C(/C2=CCC=C(C(=O)O)C=C2)C1.CO. The van der Waals surface area contributed by atoms with E-state index >= 15 is 0 Å². The molecule has 6 N–H and O–H groups in total. The van der Waals surface area contributed by atoms with Crippen LogP contribution in [0.15, 0.2) is 71.1 Å². The predicted octanol–water partition coefficient (Wildman–Crippen LogP) is 5.43. The Balaban J connectivity index is 0.00000201. The number of nitrogens with two attached hydrogens (primary N) is 2.